The number of rotatable bonds is 6. The Morgan fingerprint density at radius 3 is 2.79 bits per heavy atom. The number of anilines is 1. The van der Waals surface area contributed by atoms with E-state index in [0.717, 1.165) is 5.82 Å². The number of nitrogens with one attached hydrogen (secondary N) is 2. The van der Waals surface area contributed by atoms with E-state index in [1.807, 2.05) is 0 Å². The van der Waals surface area contributed by atoms with Crippen LogP contribution in [0.5, 0.6) is 0 Å². The fraction of sp³-hybridized carbons (Fsp3) is 0.643. The van der Waals surface area contributed by atoms with Gasteiger partial charge in [0.1, 0.15) is 5.82 Å². The second-order valence-electron chi connectivity index (χ2n) is 5.08. The van der Waals surface area contributed by atoms with Gasteiger partial charge in [0.2, 0.25) is 5.91 Å². The van der Waals surface area contributed by atoms with E-state index in [0.29, 0.717) is 25.4 Å². The molecule has 0 spiro atoms. The molecule has 104 valence electrons. The van der Waals surface area contributed by atoms with Crippen molar-refractivity contribution in [2.45, 2.75) is 38.5 Å². The molecule has 1 aromatic heterocycles. The zero-order valence-corrected chi connectivity index (χ0v) is 11.3. The van der Waals surface area contributed by atoms with Gasteiger partial charge in [-0.1, -0.05) is 19.3 Å². The molecule has 0 unspecified atom stereocenters. The van der Waals surface area contributed by atoms with Gasteiger partial charge in [-0.25, -0.2) is 4.98 Å². The maximum Gasteiger partial charge on any atom is 0.220 e. The van der Waals surface area contributed by atoms with E-state index < -0.39 is 0 Å². The fourth-order valence-corrected chi connectivity index (χ4v) is 2.51. The van der Waals surface area contributed by atoms with Crippen LogP contribution in [-0.4, -0.2) is 29.0 Å². The minimum atomic E-state index is 0.174. The lowest BCUT2D eigenvalue weighted by atomic mass is 9.87. The Hall–Kier alpha value is -1.65. The van der Waals surface area contributed by atoms with Crippen LogP contribution in [0.1, 0.15) is 38.5 Å². The van der Waals surface area contributed by atoms with Crippen molar-refractivity contribution in [1.29, 1.82) is 0 Å². The zero-order valence-electron chi connectivity index (χ0n) is 11.3. The lowest BCUT2D eigenvalue weighted by Gasteiger charge is -2.20. The highest BCUT2D eigenvalue weighted by atomic mass is 16.1. The Morgan fingerprint density at radius 2 is 2.05 bits per heavy atom. The normalized spacial score (nSPS) is 16.0. The van der Waals surface area contributed by atoms with E-state index in [1.54, 1.807) is 18.6 Å². The second-order valence-corrected chi connectivity index (χ2v) is 5.08. The summed E-state index contributed by atoms with van der Waals surface area (Å²) >= 11 is 0. The van der Waals surface area contributed by atoms with Gasteiger partial charge >= 0.3 is 0 Å². The minimum Gasteiger partial charge on any atom is -0.367 e. The minimum absolute atomic E-state index is 0.174. The highest BCUT2D eigenvalue weighted by Crippen LogP contribution is 2.25. The molecule has 2 rings (SSSR count). The van der Waals surface area contributed by atoms with E-state index in [4.69, 9.17) is 0 Å². The molecule has 0 saturated heterocycles. The molecule has 1 fully saturated rings. The molecular formula is C14H22N4O. The monoisotopic (exact) mass is 262 g/mol. The summed E-state index contributed by atoms with van der Waals surface area (Å²) in [6.45, 7) is 1.30. The maximum absolute atomic E-state index is 11.8. The summed E-state index contributed by atoms with van der Waals surface area (Å²) in [4.78, 5) is 19.8. The summed E-state index contributed by atoms with van der Waals surface area (Å²) in [5, 5.41) is 6.07. The SMILES string of the molecule is O=C(CC1CCCCC1)NCCNc1cnccn1. The second kappa shape index (κ2) is 7.71. The standard InChI is InChI=1S/C14H22N4O/c19-14(10-12-4-2-1-3-5-12)18-9-8-17-13-11-15-6-7-16-13/h6-7,11-12H,1-5,8-10H2,(H,16,17)(H,18,19). The van der Waals surface area contributed by atoms with Crippen molar-refractivity contribution in [3.8, 4) is 0 Å². The molecule has 1 heterocycles. The van der Waals surface area contributed by atoms with E-state index >= 15 is 0 Å². The van der Waals surface area contributed by atoms with Crippen molar-refractivity contribution in [3.63, 3.8) is 0 Å². The van der Waals surface area contributed by atoms with Crippen LogP contribution in [0.25, 0.3) is 0 Å². The molecule has 0 atom stereocenters. The Bertz CT molecular complexity index is 376. The summed E-state index contributed by atoms with van der Waals surface area (Å²) in [7, 11) is 0. The van der Waals surface area contributed by atoms with Crippen LogP contribution >= 0.6 is 0 Å². The highest BCUT2D eigenvalue weighted by molar-refractivity contribution is 5.76. The number of nitrogens with zero attached hydrogens (tertiary/aromatic N) is 2. The van der Waals surface area contributed by atoms with Crippen LogP contribution in [0.3, 0.4) is 0 Å². The van der Waals surface area contributed by atoms with Gasteiger partial charge in [-0.05, 0) is 18.8 Å². The zero-order chi connectivity index (χ0) is 13.3. The predicted octanol–water partition coefficient (Wildman–Crippen LogP) is 1.98. The topological polar surface area (TPSA) is 66.9 Å². The molecule has 5 nitrogen and oxygen atoms in total. The molecular weight excluding hydrogens is 240 g/mol. The number of hydrogen-bond donors (Lipinski definition) is 2. The van der Waals surface area contributed by atoms with E-state index in [-0.39, 0.29) is 5.91 Å². The Balaban J connectivity index is 1.56. The molecule has 2 N–H and O–H groups in total. The summed E-state index contributed by atoms with van der Waals surface area (Å²) < 4.78 is 0. The van der Waals surface area contributed by atoms with Crippen molar-refractivity contribution in [2.75, 3.05) is 18.4 Å². The lowest BCUT2D eigenvalue weighted by Crippen LogP contribution is -2.30. The van der Waals surface area contributed by atoms with Crippen molar-refractivity contribution in [3.05, 3.63) is 18.6 Å². The molecule has 1 aliphatic rings. The van der Waals surface area contributed by atoms with Crippen LogP contribution in [0, 0.1) is 5.92 Å². The third-order valence-corrected chi connectivity index (χ3v) is 3.52. The van der Waals surface area contributed by atoms with Gasteiger partial charge in [0.25, 0.3) is 0 Å². The molecule has 1 aliphatic carbocycles. The number of hydrogen-bond acceptors (Lipinski definition) is 4. The van der Waals surface area contributed by atoms with Gasteiger partial charge < -0.3 is 10.6 Å². The first-order valence-electron chi connectivity index (χ1n) is 7.11. The third-order valence-electron chi connectivity index (χ3n) is 3.52. The smallest absolute Gasteiger partial charge is 0.220 e. The van der Waals surface area contributed by atoms with Crippen molar-refractivity contribution in [1.82, 2.24) is 15.3 Å². The molecule has 5 heteroatoms. The number of aromatic nitrogens is 2. The van der Waals surface area contributed by atoms with Crippen molar-refractivity contribution >= 4 is 11.7 Å². The van der Waals surface area contributed by atoms with Gasteiger partial charge in [0.15, 0.2) is 0 Å². The number of carbonyl (C=O) groups excluding carboxylic acids is 1. The Labute approximate surface area is 114 Å². The quantitative estimate of drug-likeness (QED) is 0.769. The summed E-state index contributed by atoms with van der Waals surface area (Å²) in [5.74, 6) is 1.51. The molecule has 0 aromatic carbocycles. The lowest BCUT2D eigenvalue weighted by molar-refractivity contribution is -0.122. The molecule has 19 heavy (non-hydrogen) atoms. The van der Waals surface area contributed by atoms with Crippen LogP contribution in [0.15, 0.2) is 18.6 Å². The molecule has 0 radical (unpaired) electrons. The van der Waals surface area contributed by atoms with E-state index in [1.165, 1.54) is 32.1 Å². The van der Waals surface area contributed by atoms with Crippen molar-refractivity contribution < 1.29 is 4.79 Å². The Morgan fingerprint density at radius 1 is 1.21 bits per heavy atom. The van der Waals surface area contributed by atoms with Crippen LogP contribution in [0.4, 0.5) is 5.82 Å². The van der Waals surface area contributed by atoms with E-state index in [2.05, 4.69) is 20.6 Å². The molecule has 1 aromatic rings. The summed E-state index contributed by atoms with van der Waals surface area (Å²) in [6.07, 6.45) is 12.0. The van der Waals surface area contributed by atoms with Crippen LogP contribution in [0.2, 0.25) is 0 Å². The van der Waals surface area contributed by atoms with Crippen LogP contribution < -0.4 is 10.6 Å². The summed E-state index contributed by atoms with van der Waals surface area (Å²) in [6, 6.07) is 0. The maximum atomic E-state index is 11.8. The largest absolute Gasteiger partial charge is 0.367 e. The van der Waals surface area contributed by atoms with Gasteiger partial charge in [0.05, 0.1) is 6.20 Å². The predicted molar refractivity (Wildman–Crippen MR) is 74.7 cm³/mol. The molecule has 1 saturated carbocycles. The first-order chi connectivity index (χ1) is 9.34. The molecule has 1 amide bonds. The van der Waals surface area contributed by atoms with Gasteiger partial charge in [-0.2, -0.15) is 0 Å². The van der Waals surface area contributed by atoms with Gasteiger partial charge in [-0.15, -0.1) is 0 Å². The average molecular weight is 262 g/mol. The Kier molecular flexibility index (Phi) is 5.59. The average Bonchev–Trinajstić information content (AvgIpc) is 2.46. The van der Waals surface area contributed by atoms with Crippen LogP contribution in [-0.2, 0) is 4.79 Å². The van der Waals surface area contributed by atoms with Gasteiger partial charge in [0, 0.05) is 31.9 Å². The fourth-order valence-electron chi connectivity index (χ4n) is 2.51. The van der Waals surface area contributed by atoms with Gasteiger partial charge in [-0.3, -0.25) is 9.78 Å². The van der Waals surface area contributed by atoms with E-state index in [9.17, 15) is 4.79 Å². The summed E-state index contributed by atoms with van der Waals surface area (Å²) in [5.41, 5.74) is 0. The molecule has 0 bridgehead atoms. The molecule has 0 aliphatic heterocycles. The number of amides is 1. The first kappa shape index (κ1) is 13.8. The third kappa shape index (κ3) is 5.24. The number of carbonyl (C=O) groups is 1. The van der Waals surface area contributed by atoms with Crippen molar-refractivity contribution in [2.24, 2.45) is 5.92 Å². The highest BCUT2D eigenvalue weighted by Gasteiger charge is 2.16. The first-order valence-corrected chi connectivity index (χ1v) is 7.11.